The van der Waals surface area contributed by atoms with E-state index in [-0.39, 0.29) is 5.92 Å². The van der Waals surface area contributed by atoms with Crippen LogP contribution < -0.4 is 0 Å². The summed E-state index contributed by atoms with van der Waals surface area (Å²) in [5, 5.41) is 7.99. The van der Waals surface area contributed by atoms with Crippen LogP contribution in [0.4, 0.5) is 0 Å². The molecule has 132 valence electrons. The van der Waals surface area contributed by atoms with Crippen molar-refractivity contribution >= 4 is 20.9 Å². The van der Waals surface area contributed by atoms with Crippen LogP contribution in [0.5, 0.6) is 0 Å². The van der Waals surface area contributed by atoms with Crippen LogP contribution in [-0.4, -0.2) is 41.0 Å². The summed E-state index contributed by atoms with van der Waals surface area (Å²) in [6, 6.07) is 10.3. The van der Waals surface area contributed by atoms with E-state index in [9.17, 15) is 8.42 Å². The summed E-state index contributed by atoms with van der Waals surface area (Å²) in [6.45, 7) is 4.55. The highest BCUT2D eigenvalue weighted by molar-refractivity contribution is 7.89. The SMILES string of the molecule is Cc1n[nH]c(C)c1S(=O)(=O)N1CCCC(c2cc3ccccc3[nH]2)C1. The summed E-state index contributed by atoms with van der Waals surface area (Å²) < 4.78 is 27.8. The normalized spacial score (nSPS) is 19.5. The topological polar surface area (TPSA) is 81.8 Å². The second-order valence-corrected chi connectivity index (χ2v) is 8.65. The molecule has 25 heavy (non-hydrogen) atoms. The lowest BCUT2D eigenvalue weighted by Crippen LogP contribution is -2.39. The second kappa shape index (κ2) is 6.00. The van der Waals surface area contributed by atoms with Gasteiger partial charge in [0.1, 0.15) is 4.90 Å². The van der Waals surface area contributed by atoms with E-state index in [2.05, 4.69) is 27.3 Å². The lowest BCUT2D eigenvalue weighted by Gasteiger charge is -2.31. The number of nitrogens with one attached hydrogen (secondary N) is 2. The summed E-state index contributed by atoms with van der Waals surface area (Å²) in [7, 11) is -3.53. The van der Waals surface area contributed by atoms with Crippen molar-refractivity contribution in [2.75, 3.05) is 13.1 Å². The van der Waals surface area contributed by atoms with Crippen molar-refractivity contribution in [3.8, 4) is 0 Å². The molecule has 0 spiro atoms. The molecule has 1 saturated heterocycles. The molecule has 1 unspecified atom stereocenters. The number of aromatic nitrogens is 3. The number of rotatable bonds is 3. The van der Waals surface area contributed by atoms with Crippen molar-refractivity contribution in [2.24, 2.45) is 0 Å². The van der Waals surface area contributed by atoms with E-state index in [1.807, 2.05) is 18.2 Å². The maximum atomic E-state index is 13.1. The van der Waals surface area contributed by atoms with Crippen LogP contribution in [0.2, 0.25) is 0 Å². The van der Waals surface area contributed by atoms with Gasteiger partial charge in [-0.15, -0.1) is 0 Å². The molecule has 1 atom stereocenters. The van der Waals surface area contributed by atoms with Crippen molar-refractivity contribution in [2.45, 2.75) is 37.5 Å². The zero-order valence-electron chi connectivity index (χ0n) is 14.4. The van der Waals surface area contributed by atoms with Gasteiger partial charge in [-0.3, -0.25) is 5.10 Å². The first-order valence-electron chi connectivity index (χ1n) is 8.56. The van der Waals surface area contributed by atoms with Crippen LogP contribution in [-0.2, 0) is 10.0 Å². The average molecular weight is 358 g/mol. The van der Waals surface area contributed by atoms with Crippen LogP contribution in [0.15, 0.2) is 35.2 Å². The molecule has 3 aromatic rings. The molecule has 1 fully saturated rings. The van der Waals surface area contributed by atoms with Gasteiger partial charge < -0.3 is 4.98 Å². The number of benzene rings is 1. The van der Waals surface area contributed by atoms with Crippen molar-refractivity contribution in [1.29, 1.82) is 0 Å². The van der Waals surface area contributed by atoms with Gasteiger partial charge in [-0.2, -0.15) is 9.40 Å². The number of para-hydroxylation sites is 1. The van der Waals surface area contributed by atoms with E-state index in [0.717, 1.165) is 24.1 Å². The van der Waals surface area contributed by atoms with Crippen molar-refractivity contribution in [1.82, 2.24) is 19.5 Å². The number of aryl methyl sites for hydroxylation is 2. The minimum absolute atomic E-state index is 0.184. The van der Waals surface area contributed by atoms with Gasteiger partial charge in [-0.1, -0.05) is 18.2 Å². The molecule has 0 amide bonds. The van der Waals surface area contributed by atoms with E-state index in [4.69, 9.17) is 0 Å². The van der Waals surface area contributed by atoms with Gasteiger partial charge in [-0.25, -0.2) is 8.42 Å². The molecule has 4 rings (SSSR count). The number of hydrogen-bond acceptors (Lipinski definition) is 3. The molecule has 2 N–H and O–H groups in total. The molecular formula is C18H22N4O2S. The Morgan fingerprint density at radius 2 is 2.04 bits per heavy atom. The molecule has 3 heterocycles. The number of aromatic amines is 2. The summed E-state index contributed by atoms with van der Waals surface area (Å²) in [5.41, 5.74) is 3.34. The first-order valence-corrected chi connectivity index (χ1v) is 10.00. The third-order valence-corrected chi connectivity index (χ3v) is 7.16. The Morgan fingerprint density at radius 1 is 1.24 bits per heavy atom. The van der Waals surface area contributed by atoms with E-state index in [0.29, 0.717) is 29.4 Å². The highest BCUT2D eigenvalue weighted by atomic mass is 32.2. The van der Waals surface area contributed by atoms with Crippen LogP contribution in [0, 0.1) is 13.8 Å². The molecule has 1 aliphatic rings. The third kappa shape index (κ3) is 2.77. The first-order chi connectivity index (χ1) is 12.0. The largest absolute Gasteiger partial charge is 0.358 e. The van der Waals surface area contributed by atoms with Crippen molar-refractivity contribution < 1.29 is 8.42 Å². The van der Waals surface area contributed by atoms with Gasteiger partial charge in [0.2, 0.25) is 10.0 Å². The fraction of sp³-hybridized carbons (Fsp3) is 0.389. The first kappa shape index (κ1) is 16.4. The van der Waals surface area contributed by atoms with Crippen LogP contribution >= 0.6 is 0 Å². The Balaban J connectivity index is 1.65. The van der Waals surface area contributed by atoms with E-state index in [1.165, 1.54) is 5.39 Å². The standard InChI is InChI=1S/C18H22N4O2S/c1-12-18(13(2)21-20-12)25(23,24)22-9-5-7-15(11-22)17-10-14-6-3-4-8-16(14)19-17/h3-4,6,8,10,15,19H,5,7,9,11H2,1-2H3,(H,20,21). The Morgan fingerprint density at radius 3 is 2.76 bits per heavy atom. The Bertz CT molecular complexity index is 966. The summed E-state index contributed by atoms with van der Waals surface area (Å²) in [5.74, 6) is 0.184. The van der Waals surface area contributed by atoms with E-state index < -0.39 is 10.0 Å². The molecule has 1 aromatic carbocycles. The highest BCUT2D eigenvalue weighted by Crippen LogP contribution is 2.32. The maximum absolute atomic E-state index is 13.1. The number of fused-ring (bicyclic) bond motifs is 1. The molecule has 0 radical (unpaired) electrons. The molecular weight excluding hydrogens is 336 g/mol. The average Bonchev–Trinajstić information content (AvgIpc) is 3.18. The Hall–Kier alpha value is -2.12. The lowest BCUT2D eigenvalue weighted by atomic mass is 9.96. The Labute approximate surface area is 147 Å². The molecule has 1 aliphatic heterocycles. The van der Waals surface area contributed by atoms with E-state index in [1.54, 1.807) is 18.2 Å². The van der Waals surface area contributed by atoms with E-state index >= 15 is 0 Å². The summed E-state index contributed by atoms with van der Waals surface area (Å²) in [6.07, 6.45) is 1.84. The van der Waals surface area contributed by atoms with Crippen molar-refractivity contribution in [3.05, 3.63) is 47.4 Å². The summed E-state index contributed by atoms with van der Waals surface area (Å²) in [4.78, 5) is 3.78. The number of nitrogens with zero attached hydrogens (tertiary/aromatic N) is 2. The highest BCUT2D eigenvalue weighted by Gasteiger charge is 2.34. The number of sulfonamides is 1. The lowest BCUT2D eigenvalue weighted by molar-refractivity contribution is 0.313. The molecule has 6 nitrogen and oxygen atoms in total. The predicted molar refractivity (Wildman–Crippen MR) is 97.1 cm³/mol. The van der Waals surface area contributed by atoms with Gasteiger partial charge in [0.15, 0.2) is 0 Å². The molecule has 7 heteroatoms. The summed E-state index contributed by atoms with van der Waals surface area (Å²) >= 11 is 0. The van der Waals surface area contributed by atoms with Crippen LogP contribution in [0.1, 0.15) is 35.8 Å². The minimum Gasteiger partial charge on any atom is -0.358 e. The van der Waals surface area contributed by atoms with Crippen LogP contribution in [0.25, 0.3) is 10.9 Å². The number of piperidine rings is 1. The molecule has 0 bridgehead atoms. The predicted octanol–water partition coefficient (Wildman–Crippen LogP) is 3.08. The van der Waals surface area contributed by atoms with Gasteiger partial charge >= 0.3 is 0 Å². The Kier molecular flexibility index (Phi) is 3.92. The second-order valence-electron chi connectivity index (χ2n) is 6.78. The van der Waals surface area contributed by atoms with Gasteiger partial charge in [0.05, 0.1) is 11.4 Å². The fourth-order valence-electron chi connectivity index (χ4n) is 3.78. The zero-order valence-corrected chi connectivity index (χ0v) is 15.2. The number of H-pyrrole nitrogens is 2. The number of hydrogen-bond donors (Lipinski definition) is 2. The van der Waals surface area contributed by atoms with Gasteiger partial charge in [0, 0.05) is 30.2 Å². The van der Waals surface area contributed by atoms with Gasteiger partial charge in [0.25, 0.3) is 0 Å². The van der Waals surface area contributed by atoms with Crippen LogP contribution in [0.3, 0.4) is 0 Å². The molecule has 0 saturated carbocycles. The maximum Gasteiger partial charge on any atom is 0.246 e. The smallest absolute Gasteiger partial charge is 0.246 e. The third-order valence-electron chi connectivity index (χ3n) is 5.03. The monoisotopic (exact) mass is 358 g/mol. The quantitative estimate of drug-likeness (QED) is 0.755. The molecule has 0 aliphatic carbocycles. The van der Waals surface area contributed by atoms with Gasteiger partial charge in [-0.05, 0) is 44.2 Å². The minimum atomic E-state index is -3.53. The molecule has 2 aromatic heterocycles. The van der Waals surface area contributed by atoms with Crippen molar-refractivity contribution in [3.63, 3.8) is 0 Å². The zero-order chi connectivity index (χ0) is 17.6. The fourth-order valence-corrected chi connectivity index (χ4v) is 5.64.